The highest BCUT2D eigenvalue weighted by Gasteiger charge is 2.33. The molecule has 1 aromatic carbocycles. The van der Waals surface area contributed by atoms with Crippen LogP contribution in [0.25, 0.3) is 0 Å². The van der Waals surface area contributed by atoms with E-state index in [0.29, 0.717) is 6.04 Å². The Morgan fingerprint density at radius 1 is 1.40 bits per heavy atom. The Morgan fingerprint density at radius 2 is 2.15 bits per heavy atom. The minimum absolute atomic E-state index is 0.00709. The number of rotatable bonds is 8. The molecule has 20 heavy (non-hydrogen) atoms. The average Bonchev–Trinajstić information content (AvgIpc) is 3.22. The molecule has 1 aromatic rings. The molecule has 1 saturated carbocycles. The molecule has 0 saturated heterocycles. The molecule has 2 rings (SSSR count). The molecule has 2 atom stereocenters. The van der Waals surface area contributed by atoms with E-state index >= 15 is 0 Å². The fourth-order valence-corrected chi connectivity index (χ4v) is 2.52. The van der Waals surface area contributed by atoms with Gasteiger partial charge in [0.05, 0.1) is 19.3 Å². The summed E-state index contributed by atoms with van der Waals surface area (Å²) in [5.74, 6) is 0.760. The lowest BCUT2D eigenvalue weighted by molar-refractivity contribution is 0.108. The number of nitrogens with one attached hydrogen (secondary N) is 1. The van der Waals surface area contributed by atoms with Crippen molar-refractivity contribution < 1.29 is 14.9 Å². The maximum Gasteiger partial charge on any atom is 0.120 e. The molecule has 1 fully saturated rings. The molecular formula is C16H25NO3. The number of hydrogen-bond acceptors (Lipinski definition) is 4. The van der Waals surface area contributed by atoms with E-state index in [1.807, 2.05) is 38.1 Å². The van der Waals surface area contributed by atoms with Crippen LogP contribution in [0.4, 0.5) is 0 Å². The lowest BCUT2D eigenvalue weighted by Gasteiger charge is -2.32. The van der Waals surface area contributed by atoms with E-state index in [1.54, 1.807) is 0 Å². The van der Waals surface area contributed by atoms with Crippen LogP contribution in [0.1, 0.15) is 38.7 Å². The Bertz CT molecular complexity index is 433. The lowest BCUT2D eigenvalue weighted by atomic mass is 9.95. The number of benzene rings is 1. The molecule has 0 aromatic heterocycles. The van der Waals surface area contributed by atoms with E-state index < -0.39 is 0 Å². The molecule has 0 amide bonds. The van der Waals surface area contributed by atoms with Crippen molar-refractivity contribution in [1.82, 2.24) is 5.32 Å². The summed E-state index contributed by atoms with van der Waals surface area (Å²) in [6.45, 7) is 4.17. The summed E-state index contributed by atoms with van der Waals surface area (Å²) in [6, 6.07) is 8.03. The fraction of sp³-hybridized carbons (Fsp3) is 0.625. The summed E-state index contributed by atoms with van der Waals surface area (Å²) >= 11 is 0. The highest BCUT2D eigenvalue weighted by Crippen LogP contribution is 2.26. The van der Waals surface area contributed by atoms with Gasteiger partial charge in [-0.3, -0.25) is 0 Å². The second kappa shape index (κ2) is 6.57. The van der Waals surface area contributed by atoms with E-state index in [-0.39, 0.29) is 24.9 Å². The average molecular weight is 279 g/mol. The van der Waals surface area contributed by atoms with E-state index in [1.165, 1.54) is 12.8 Å². The van der Waals surface area contributed by atoms with Gasteiger partial charge in [0, 0.05) is 18.0 Å². The zero-order valence-electron chi connectivity index (χ0n) is 12.3. The second-order valence-corrected chi connectivity index (χ2v) is 6.08. The molecular weight excluding hydrogens is 254 g/mol. The topological polar surface area (TPSA) is 61.7 Å². The highest BCUT2D eigenvalue weighted by atomic mass is 16.5. The molecule has 4 heteroatoms. The van der Waals surface area contributed by atoms with E-state index in [0.717, 1.165) is 17.7 Å². The van der Waals surface area contributed by atoms with Crippen LogP contribution in [0.5, 0.6) is 5.75 Å². The Morgan fingerprint density at radius 3 is 2.75 bits per heavy atom. The van der Waals surface area contributed by atoms with Crippen molar-refractivity contribution in [3.05, 3.63) is 29.8 Å². The van der Waals surface area contributed by atoms with Crippen molar-refractivity contribution >= 4 is 0 Å². The third-order valence-electron chi connectivity index (χ3n) is 3.64. The van der Waals surface area contributed by atoms with Crippen molar-refractivity contribution in [3.8, 4) is 5.75 Å². The quantitative estimate of drug-likeness (QED) is 0.679. The summed E-state index contributed by atoms with van der Waals surface area (Å²) in [6.07, 6.45) is 3.13. The summed E-state index contributed by atoms with van der Waals surface area (Å²) in [7, 11) is 0. The van der Waals surface area contributed by atoms with Crippen molar-refractivity contribution in [1.29, 1.82) is 0 Å². The Labute approximate surface area is 120 Å². The first kappa shape index (κ1) is 15.3. The molecule has 0 spiro atoms. The summed E-state index contributed by atoms with van der Waals surface area (Å²) < 4.78 is 5.89. The molecule has 0 radical (unpaired) electrons. The van der Waals surface area contributed by atoms with Gasteiger partial charge in [-0.25, -0.2) is 0 Å². The van der Waals surface area contributed by atoms with Crippen molar-refractivity contribution in [2.24, 2.45) is 0 Å². The Balaban J connectivity index is 1.90. The van der Waals surface area contributed by atoms with Gasteiger partial charge in [-0.1, -0.05) is 12.1 Å². The minimum atomic E-state index is -0.296. The number of ether oxygens (including phenoxy) is 1. The molecule has 0 aliphatic heterocycles. The maximum absolute atomic E-state index is 9.61. The maximum atomic E-state index is 9.61. The van der Waals surface area contributed by atoms with Gasteiger partial charge in [0.2, 0.25) is 0 Å². The van der Waals surface area contributed by atoms with Crippen LogP contribution in [-0.4, -0.2) is 34.5 Å². The first-order chi connectivity index (χ1) is 9.54. The van der Waals surface area contributed by atoms with Crippen LogP contribution >= 0.6 is 0 Å². The Kier molecular flexibility index (Phi) is 5.02. The fourth-order valence-electron chi connectivity index (χ4n) is 2.52. The number of aliphatic hydroxyl groups excluding tert-OH is 2. The predicted octanol–water partition coefficient (Wildman–Crippen LogP) is 1.84. The van der Waals surface area contributed by atoms with E-state index in [9.17, 15) is 5.11 Å². The van der Waals surface area contributed by atoms with Gasteiger partial charge in [-0.15, -0.1) is 0 Å². The van der Waals surface area contributed by atoms with Crippen LogP contribution in [-0.2, 0) is 6.61 Å². The van der Waals surface area contributed by atoms with Crippen molar-refractivity contribution in [3.63, 3.8) is 0 Å². The summed E-state index contributed by atoms with van der Waals surface area (Å²) in [5, 5.41) is 22.2. The van der Waals surface area contributed by atoms with Gasteiger partial charge in [0.15, 0.2) is 0 Å². The number of aliphatic hydroxyl groups is 2. The van der Waals surface area contributed by atoms with Crippen LogP contribution in [0.2, 0.25) is 0 Å². The largest absolute Gasteiger partial charge is 0.491 e. The van der Waals surface area contributed by atoms with Gasteiger partial charge in [-0.2, -0.15) is 0 Å². The third-order valence-corrected chi connectivity index (χ3v) is 3.64. The van der Waals surface area contributed by atoms with Crippen LogP contribution in [0.3, 0.4) is 0 Å². The predicted molar refractivity (Wildman–Crippen MR) is 78.7 cm³/mol. The van der Waals surface area contributed by atoms with Gasteiger partial charge < -0.3 is 20.3 Å². The zero-order valence-corrected chi connectivity index (χ0v) is 12.3. The molecule has 3 N–H and O–H groups in total. The third kappa shape index (κ3) is 4.47. The first-order valence-corrected chi connectivity index (χ1v) is 7.30. The molecule has 2 unspecified atom stereocenters. The zero-order chi connectivity index (χ0) is 14.6. The van der Waals surface area contributed by atoms with Crippen LogP contribution < -0.4 is 10.1 Å². The normalized spacial score (nSPS) is 19.4. The molecule has 0 bridgehead atoms. The molecule has 1 aliphatic carbocycles. The van der Waals surface area contributed by atoms with E-state index in [2.05, 4.69) is 5.32 Å². The first-order valence-electron chi connectivity index (χ1n) is 7.30. The van der Waals surface area contributed by atoms with Crippen molar-refractivity contribution in [2.45, 2.75) is 57.4 Å². The van der Waals surface area contributed by atoms with Gasteiger partial charge >= 0.3 is 0 Å². The van der Waals surface area contributed by atoms with Crippen LogP contribution in [0, 0.1) is 0 Å². The SMILES string of the molecule is CC(CC(C)(CO)NC1CC1)Oc1cccc(CO)c1. The van der Waals surface area contributed by atoms with E-state index in [4.69, 9.17) is 9.84 Å². The second-order valence-electron chi connectivity index (χ2n) is 6.08. The smallest absolute Gasteiger partial charge is 0.120 e. The Hall–Kier alpha value is -1.10. The van der Waals surface area contributed by atoms with Crippen molar-refractivity contribution in [2.75, 3.05) is 6.61 Å². The summed E-state index contributed by atoms with van der Waals surface area (Å²) in [4.78, 5) is 0. The number of hydrogen-bond donors (Lipinski definition) is 3. The standard InChI is InChI=1S/C16H25NO3/c1-12(9-16(2,11-19)17-14-6-7-14)20-15-5-3-4-13(8-15)10-18/h3-5,8,12,14,17-19H,6-7,9-11H2,1-2H3. The summed E-state index contributed by atoms with van der Waals surface area (Å²) in [5.41, 5.74) is 0.547. The molecule has 112 valence electrons. The lowest BCUT2D eigenvalue weighted by Crippen LogP contribution is -2.49. The molecule has 4 nitrogen and oxygen atoms in total. The van der Waals surface area contributed by atoms with Crippen LogP contribution in [0.15, 0.2) is 24.3 Å². The molecule has 1 aliphatic rings. The van der Waals surface area contributed by atoms with Gasteiger partial charge in [0.25, 0.3) is 0 Å². The minimum Gasteiger partial charge on any atom is -0.491 e. The molecule has 0 heterocycles. The van der Waals surface area contributed by atoms with Gasteiger partial charge in [-0.05, 0) is 44.4 Å². The highest BCUT2D eigenvalue weighted by molar-refractivity contribution is 5.28. The monoisotopic (exact) mass is 279 g/mol. The van der Waals surface area contributed by atoms with Gasteiger partial charge in [0.1, 0.15) is 5.75 Å².